The summed E-state index contributed by atoms with van der Waals surface area (Å²) in [6.45, 7) is 1.88. The van der Waals surface area contributed by atoms with E-state index in [0.29, 0.717) is 0 Å². The summed E-state index contributed by atoms with van der Waals surface area (Å²) in [5.74, 6) is -0.221. The summed E-state index contributed by atoms with van der Waals surface area (Å²) in [6.07, 6.45) is 2.04. The van der Waals surface area contributed by atoms with E-state index in [4.69, 9.17) is 5.73 Å². The molecule has 3 heteroatoms. The van der Waals surface area contributed by atoms with Crippen LogP contribution >= 0.6 is 11.8 Å². The molecule has 0 bridgehead atoms. The van der Waals surface area contributed by atoms with Gasteiger partial charge in [-0.1, -0.05) is 18.2 Å². The second kappa shape index (κ2) is 5.55. The van der Waals surface area contributed by atoms with E-state index < -0.39 is 0 Å². The average Bonchev–Trinajstić information content (AvgIpc) is 2.38. The Morgan fingerprint density at radius 2 is 1.78 bits per heavy atom. The number of hydrogen-bond donors (Lipinski definition) is 1. The molecule has 2 N–H and O–H groups in total. The van der Waals surface area contributed by atoms with Gasteiger partial charge in [0.15, 0.2) is 0 Å². The molecule has 0 radical (unpaired) electrons. The van der Waals surface area contributed by atoms with Gasteiger partial charge in [-0.05, 0) is 54.1 Å². The Morgan fingerprint density at radius 3 is 2.33 bits per heavy atom. The maximum atomic E-state index is 13.1. The second-order valence-corrected chi connectivity index (χ2v) is 5.13. The quantitative estimate of drug-likeness (QED) is 0.848. The zero-order valence-corrected chi connectivity index (χ0v) is 11.3. The van der Waals surface area contributed by atoms with Gasteiger partial charge in [-0.15, -0.1) is 11.8 Å². The zero-order valence-electron chi connectivity index (χ0n) is 10.5. The Morgan fingerprint density at radius 1 is 1.11 bits per heavy atom. The minimum atomic E-state index is -0.221. The fourth-order valence-corrected chi connectivity index (χ4v) is 2.39. The normalized spacial score (nSPS) is 12.4. The predicted molar refractivity (Wildman–Crippen MR) is 75.4 cm³/mol. The first-order valence-corrected chi connectivity index (χ1v) is 7.00. The van der Waals surface area contributed by atoms with E-state index in [9.17, 15) is 4.39 Å². The van der Waals surface area contributed by atoms with Crippen LogP contribution in [0.25, 0.3) is 0 Å². The molecule has 2 aromatic rings. The van der Waals surface area contributed by atoms with Crippen molar-refractivity contribution in [2.45, 2.75) is 17.9 Å². The zero-order chi connectivity index (χ0) is 13.1. The molecular weight excluding hydrogens is 245 g/mol. The highest BCUT2D eigenvalue weighted by atomic mass is 32.2. The monoisotopic (exact) mass is 261 g/mol. The van der Waals surface area contributed by atoms with Crippen molar-refractivity contribution in [3.63, 3.8) is 0 Å². The van der Waals surface area contributed by atoms with Crippen molar-refractivity contribution in [2.75, 3.05) is 6.26 Å². The Labute approximate surface area is 111 Å². The van der Waals surface area contributed by atoms with Crippen LogP contribution in [0.1, 0.15) is 22.7 Å². The van der Waals surface area contributed by atoms with Crippen LogP contribution in [0.2, 0.25) is 0 Å². The van der Waals surface area contributed by atoms with Crippen molar-refractivity contribution in [3.05, 3.63) is 65.0 Å². The highest BCUT2D eigenvalue weighted by Gasteiger charge is 2.11. The molecule has 1 nitrogen and oxygen atoms in total. The molecule has 2 aromatic carbocycles. The van der Waals surface area contributed by atoms with Crippen molar-refractivity contribution in [3.8, 4) is 0 Å². The van der Waals surface area contributed by atoms with Gasteiger partial charge in [-0.2, -0.15) is 0 Å². The summed E-state index contributed by atoms with van der Waals surface area (Å²) in [5, 5.41) is 0. The second-order valence-electron chi connectivity index (χ2n) is 4.25. The maximum Gasteiger partial charge on any atom is 0.123 e. The van der Waals surface area contributed by atoms with E-state index in [1.165, 1.54) is 17.0 Å². The van der Waals surface area contributed by atoms with Crippen LogP contribution in [0.3, 0.4) is 0 Å². The lowest BCUT2D eigenvalue weighted by Crippen LogP contribution is -2.13. The average molecular weight is 261 g/mol. The molecule has 0 aliphatic rings. The number of hydrogen-bond acceptors (Lipinski definition) is 2. The smallest absolute Gasteiger partial charge is 0.123 e. The van der Waals surface area contributed by atoms with Gasteiger partial charge in [0.25, 0.3) is 0 Å². The fourth-order valence-electron chi connectivity index (χ4n) is 1.98. The minimum absolute atomic E-state index is 0.207. The molecule has 0 spiro atoms. The molecule has 94 valence electrons. The molecule has 0 saturated carbocycles. The first-order chi connectivity index (χ1) is 8.61. The number of halogens is 1. The number of nitrogens with two attached hydrogens (primary N) is 1. The molecule has 2 rings (SSSR count). The molecule has 1 unspecified atom stereocenters. The van der Waals surface area contributed by atoms with Crippen molar-refractivity contribution >= 4 is 11.8 Å². The standard InChI is InChI=1S/C15H16FNS/c1-10-9-12(16)5-8-14(10)15(17)11-3-6-13(18-2)7-4-11/h3-9,15H,17H2,1-2H3. The van der Waals surface area contributed by atoms with Gasteiger partial charge in [0.05, 0.1) is 6.04 Å². The van der Waals surface area contributed by atoms with Gasteiger partial charge in [0.2, 0.25) is 0 Å². The van der Waals surface area contributed by atoms with Crippen LogP contribution in [-0.4, -0.2) is 6.26 Å². The largest absolute Gasteiger partial charge is 0.320 e. The van der Waals surface area contributed by atoms with Crippen LogP contribution in [0.15, 0.2) is 47.4 Å². The molecular formula is C15H16FNS. The highest BCUT2D eigenvalue weighted by Crippen LogP contribution is 2.25. The summed E-state index contributed by atoms with van der Waals surface area (Å²) in [4.78, 5) is 1.21. The van der Waals surface area contributed by atoms with Gasteiger partial charge in [-0.25, -0.2) is 4.39 Å². The molecule has 1 atom stereocenters. The highest BCUT2D eigenvalue weighted by molar-refractivity contribution is 7.98. The Hall–Kier alpha value is -1.32. The molecule has 0 heterocycles. The van der Waals surface area contributed by atoms with Crippen LogP contribution in [0.5, 0.6) is 0 Å². The van der Waals surface area contributed by atoms with Crippen LogP contribution < -0.4 is 5.73 Å². The SMILES string of the molecule is CSc1ccc(C(N)c2ccc(F)cc2C)cc1. The first kappa shape index (κ1) is 13.1. The van der Waals surface area contributed by atoms with Crippen molar-refractivity contribution in [1.29, 1.82) is 0 Å². The number of aryl methyl sites for hydroxylation is 1. The third-order valence-electron chi connectivity index (χ3n) is 3.04. The lowest BCUT2D eigenvalue weighted by molar-refractivity contribution is 0.624. The lowest BCUT2D eigenvalue weighted by Gasteiger charge is -2.15. The maximum absolute atomic E-state index is 13.1. The first-order valence-electron chi connectivity index (χ1n) is 5.77. The molecule has 0 aliphatic heterocycles. The summed E-state index contributed by atoms with van der Waals surface area (Å²) in [5.41, 5.74) is 9.13. The summed E-state index contributed by atoms with van der Waals surface area (Å²) in [7, 11) is 0. The van der Waals surface area contributed by atoms with E-state index in [0.717, 1.165) is 16.7 Å². The summed E-state index contributed by atoms with van der Waals surface area (Å²) < 4.78 is 13.1. The third kappa shape index (κ3) is 2.74. The van der Waals surface area contributed by atoms with Crippen LogP contribution in [0.4, 0.5) is 4.39 Å². The summed E-state index contributed by atoms with van der Waals surface area (Å²) in [6, 6.07) is 12.7. The third-order valence-corrected chi connectivity index (χ3v) is 3.79. The molecule has 0 saturated heterocycles. The Kier molecular flexibility index (Phi) is 4.04. The van der Waals surface area contributed by atoms with E-state index >= 15 is 0 Å². The number of thioether (sulfide) groups is 1. The van der Waals surface area contributed by atoms with Crippen molar-refractivity contribution < 1.29 is 4.39 Å². The van der Waals surface area contributed by atoms with Gasteiger partial charge in [0, 0.05) is 4.90 Å². The topological polar surface area (TPSA) is 26.0 Å². The van der Waals surface area contributed by atoms with E-state index in [2.05, 4.69) is 12.1 Å². The lowest BCUT2D eigenvalue weighted by atomic mass is 9.96. The van der Waals surface area contributed by atoms with Gasteiger partial charge in [0.1, 0.15) is 5.82 Å². The van der Waals surface area contributed by atoms with Crippen LogP contribution in [-0.2, 0) is 0 Å². The van der Waals surface area contributed by atoms with Gasteiger partial charge in [-0.3, -0.25) is 0 Å². The van der Waals surface area contributed by atoms with E-state index in [1.807, 2.05) is 25.3 Å². The number of benzene rings is 2. The molecule has 0 aromatic heterocycles. The molecule has 0 aliphatic carbocycles. The van der Waals surface area contributed by atoms with E-state index in [1.54, 1.807) is 17.8 Å². The summed E-state index contributed by atoms with van der Waals surface area (Å²) >= 11 is 1.70. The Bertz CT molecular complexity index is 537. The van der Waals surface area contributed by atoms with Gasteiger partial charge < -0.3 is 5.73 Å². The van der Waals surface area contributed by atoms with Crippen LogP contribution in [0, 0.1) is 12.7 Å². The Balaban J connectivity index is 2.31. The fraction of sp³-hybridized carbons (Fsp3) is 0.200. The van der Waals surface area contributed by atoms with E-state index in [-0.39, 0.29) is 11.9 Å². The molecule has 0 fully saturated rings. The minimum Gasteiger partial charge on any atom is -0.320 e. The molecule has 0 amide bonds. The number of rotatable bonds is 3. The van der Waals surface area contributed by atoms with Gasteiger partial charge >= 0.3 is 0 Å². The molecule has 18 heavy (non-hydrogen) atoms. The van der Waals surface area contributed by atoms with Crippen molar-refractivity contribution in [2.24, 2.45) is 5.73 Å². The van der Waals surface area contributed by atoms with Crippen molar-refractivity contribution in [1.82, 2.24) is 0 Å². The predicted octanol–water partition coefficient (Wildman–Crippen LogP) is 3.90.